The summed E-state index contributed by atoms with van der Waals surface area (Å²) in [5.74, 6) is 0.607. The molecule has 0 bridgehead atoms. The molecule has 0 radical (unpaired) electrons. The zero-order chi connectivity index (χ0) is 14.7. The Morgan fingerprint density at radius 3 is 2.60 bits per heavy atom. The second kappa shape index (κ2) is 6.37. The summed E-state index contributed by atoms with van der Waals surface area (Å²) in [5.41, 5.74) is 1.46. The van der Waals surface area contributed by atoms with E-state index in [9.17, 15) is 15.3 Å². The molecule has 1 aliphatic heterocycles. The van der Waals surface area contributed by atoms with Crippen molar-refractivity contribution < 1.29 is 24.8 Å². The Balaban J connectivity index is 2.20. The highest BCUT2D eigenvalue weighted by molar-refractivity contribution is 5.58. The van der Waals surface area contributed by atoms with Crippen LogP contribution in [0.25, 0.3) is 6.08 Å². The van der Waals surface area contributed by atoms with E-state index in [0.717, 1.165) is 5.56 Å². The molecular formula is C15H20O5. The van der Waals surface area contributed by atoms with Crippen molar-refractivity contribution in [3.8, 4) is 5.75 Å². The van der Waals surface area contributed by atoms with E-state index in [1.54, 1.807) is 32.3 Å². The van der Waals surface area contributed by atoms with Crippen LogP contribution in [0, 0.1) is 0 Å². The van der Waals surface area contributed by atoms with E-state index in [4.69, 9.17) is 9.47 Å². The molecule has 1 saturated heterocycles. The molecule has 1 aliphatic rings. The van der Waals surface area contributed by atoms with Crippen LogP contribution in [0.5, 0.6) is 5.75 Å². The Morgan fingerprint density at radius 2 is 2.05 bits per heavy atom. The van der Waals surface area contributed by atoms with Crippen molar-refractivity contribution in [1.82, 2.24) is 0 Å². The van der Waals surface area contributed by atoms with Crippen LogP contribution in [0.15, 0.2) is 24.3 Å². The lowest BCUT2D eigenvalue weighted by molar-refractivity contribution is 0.0316. The van der Waals surface area contributed by atoms with Crippen LogP contribution in [0.2, 0.25) is 0 Å². The molecule has 1 aromatic rings. The number of hydrogen-bond acceptors (Lipinski definition) is 5. The highest BCUT2D eigenvalue weighted by atomic mass is 16.5. The molecule has 5 heteroatoms. The van der Waals surface area contributed by atoms with Crippen molar-refractivity contribution in [3.63, 3.8) is 0 Å². The van der Waals surface area contributed by atoms with E-state index in [1.807, 2.05) is 12.1 Å². The van der Waals surface area contributed by atoms with Gasteiger partial charge in [0.05, 0.1) is 19.8 Å². The lowest BCUT2D eigenvalue weighted by Crippen LogP contribution is -2.30. The maximum atomic E-state index is 9.83. The molecule has 4 atom stereocenters. The highest BCUT2D eigenvalue weighted by Crippen LogP contribution is 2.26. The summed E-state index contributed by atoms with van der Waals surface area (Å²) in [6.07, 6.45) is 0.662. The normalized spacial score (nSPS) is 30.1. The van der Waals surface area contributed by atoms with Gasteiger partial charge in [-0.05, 0) is 18.6 Å². The second-order valence-corrected chi connectivity index (χ2v) is 4.83. The van der Waals surface area contributed by atoms with Crippen molar-refractivity contribution in [1.29, 1.82) is 0 Å². The molecule has 0 amide bonds. The molecule has 0 aromatic heterocycles. The van der Waals surface area contributed by atoms with Gasteiger partial charge in [0.1, 0.15) is 24.1 Å². The summed E-state index contributed by atoms with van der Waals surface area (Å²) >= 11 is 0. The Hall–Kier alpha value is -1.40. The summed E-state index contributed by atoms with van der Waals surface area (Å²) in [7, 11) is 1.55. The molecule has 0 aliphatic carbocycles. The van der Waals surface area contributed by atoms with E-state index < -0.39 is 24.4 Å². The van der Waals surface area contributed by atoms with E-state index in [0.29, 0.717) is 11.3 Å². The first-order chi connectivity index (χ1) is 9.58. The van der Waals surface area contributed by atoms with Gasteiger partial charge in [0, 0.05) is 5.56 Å². The average molecular weight is 280 g/mol. The summed E-state index contributed by atoms with van der Waals surface area (Å²) in [4.78, 5) is 0. The fraction of sp³-hybridized carbons (Fsp3) is 0.467. The van der Waals surface area contributed by atoms with E-state index in [-0.39, 0.29) is 6.61 Å². The monoisotopic (exact) mass is 280 g/mol. The SMILES string of the molecule is COc1cccc(/C=C/[C@@H]2O[C@@H](C)[C@H](O)[C@@H]2O)c1CO. The number of aliphatic hydroxyl groups excluding tert-OH is 3. The zero-order valence-electron chi connectivity index (χ0n) is 11.6. The Kier molecular flexibility index (Phi) is 4.77. The van der Waals surface area contributed by atoms with Gasteiger partial charge in [0.15, 0.2) is 0 Å². The lowest BCUT2D eigenvalue weighted by atomic mass is 10.0. The van der Waals surface area contributed by atoms with Crippen LogP contribution < -0.4 is 4.74 Å². The minimum Gasteiger partial charge on any atom is -0.496 e. The smallest absolute Gasteiger partial charge is 0.124 e. The first-order valence-corrected chi connectivity index (χ1v) is 6.55. The van der Waals surface area contributed by atoms with Crippen LogP contribution in [0.4, 0.5) is 0 Å². The largest absolute Gasteiger partial charge is 0.496 e. The standard InChI is InChI=1S/C15H20O5/c1-9-14(17)15(18)13(20-9)7-6-10-4-3-5-12(19-2)11(10)8-16/h3-7,9,13-18H,8H2,1-2H3/b7-6+/t9-,13-,14-,15+/m0/s1. The Bertz CT molecular complexity index is 485. The molecule has 0 unspecified atom stereocenters. The number of hydrogen-bond donors (Lipinski definition) is 3. The van der Waals surface area contributed by atoms with Crippen LogP contribution in [0.1, 0.15) is 18.1 Å². The first kappa shape index (κ1) is 15.0. The molecule has 3 N–H and O–H groups in total. The maximum absolute atomic E-state index is 9.83. The predicted octanol–water partition coefficient (Wildman–Crippen LogP) is 0.710. The molecule has 2 rings (SSSR count). The number of ether oxygens (including phenoxy) is 2. The van der Waals surface area contributed by atoms with E-state index >= 15 is 0 Å². The molecule has 0 spiro atoms. The predicted molar refractivity (Wildman–Crippen MR) is 74.3 cm³/mol. The van der Waals surface area contributed by atoms with Crippen LogP contribution >= 0.6 is 0 Å². The van der Waals surface area contributed by atoms with Gasteiger partial charge in [0.2, 0.25) is 0 Å². The molecule has 1 heterocycles. The Morgan fingerprint density at radius 1 is 1.30 bits per heavy atom. The van der Waals surface area contributed by atoms with Gasteiger partial charge in [-0.3, -0.25) is 0 Å². The van der Waals surface area contributed by atoms with Crippen LogP contribution in [0.3, 0.4) is 0 Å². The highest BCUT2D eigenvalue weighted by Gasteiger charge is 2.38. The maximum Gasteiger partial charge on any atom is 0.124 e. The minimum absolute atomic E-state index is 0.142. The fourth-order valence-corrected chi connectivity index (χ4v) is 2.34. The number of methoxy groups -OCH3 is 1. The van der Waals surface area contributed by atoms with Crippen molar-refractivity contribution in [2.75, 3.05) is 7.11 Å². The van der Waals surface area contributed by atoms with Gasteiger partial charge in [-0.2, -0.15) is 0 Å². The lowest BCUT2D eigenvalue weighted by Gasteiger charge is -2.12. The quantitative estimate of drug-likeness (QED) is 0.757. The third kappa shape index (κ3) is 2.86. The summed E-state index contributed by atoms with van der Waals surface area (Å²) < 4.78 is 10.6. The second-order valence-electron chi connectivity index (χ2n) is 4.83. The van der Waals surface area contributed by atoms with Gasteiger partial charge in [-0.25, -0.2) is 0 Å². The summed E-state index contributed by atoms with van der Waals surface area (Å²) in [6, 6.07) is 5.43. The number of benzene rings is 1. The average Bonchev–Trinajstić information content (AvgIpc) is 2.71. The topological polar surface area (TPSA) is 79.2 Å². The number of rotatable bonds is 4. The van der Waals surface area contributed by atoms with Crippen LogP contribution in [-0.2, 0) is 11.3 Å². The summed E-state index contributed by atoms with van der Waals surface area (Å²) in [5, 5.41) is 28.9. The minimum atomic E-state index is -0.940. The molecular weight excluding hydrogens is 260 g/mol. The van der Waals surface area contributed by atoms with Gasteiger partial charge in [-0.1, -0.05) is 24.3 Å². The number of aliphatic hydroxyl groups is 3. The molecule has 1 aromatic carbocycles. The molecule has 5 nitrogen and oxygen atoms in total. The third-order valence-corrected chi connectivity index (χ3v) is 3.55. The molecule has 0 saturated carbocycles. The zero-order valence-corrected chi connectivity index (χ0v) is 11.6. The molecule has 1 fully saturated rings. The van der Waals surface area contributed by atoms with Crippen molar-refractivity contribution in [2.24, 2.45) is 0 Å². The van der Waals surface area contributed by atoms with E-state index in [1.165, 1.54) is 0 Å². The van der Waals surface area contributed by atoms with E-state index in [2.05, 4.69) is 0 Å². The van der Waals surface area contributed by atoms with Gasteiger partial charge < -0.3 is 24.8 Å². The summed E-state index contributed by atoms with van der Waals surface area (Å²) in [6.45, 7) is 1.57. The Labute approximate surface area is 118 Å². The van der Waals surface area contributed by atoms with Crippen molar-refractivity contribution >= 4 is 6.08 Å². The van der Waals surface area contributed by atoms with Crippen molar-refractivity contribution in [2.45, 2.75) is 37.9 Å². The fourth-order valence-electron chi connectivity index (χ4n) is 2.34. The molecule has 110 valence electrons. The van der Waals surface area contributed by atoms with Gasteiger partial charge in [-0.15, -0.1) is 0 Å². The first-order valence-electron chi connectivity index (χ1n) is 6.55. The van der Waals surface area contributed by atoms with Gasteiger partial charge in [0.25, 0.3) is 0 Å². The van der Waals surface area contributed by atoms with Crippen LogP contribution in [-0.4, -0.2) is 46.8 Å². The van der Waals surface area contributed by atoms with Gasteiger partial charge >= 0.3 is 0 Å². The third-order valence-electron chi connectivity index (χ3n) is 3.55. The molecule has 20 heavy (non-hydrogen) atoms. The van der Waals surface area contributed by atoms with Crippen molar-refractivity contribution in [3.05, 3.63) is 35.4 Å².